The van der Waals surface area contributed by atoms with Crippen LogP contribution in [0.2, 0.25) is 0 Å². The van der Waals surface area contributed by atoms with Crippen LogP contribution in [-0.4, -0.2) is 35.8 Å². The molecule has 21 heavy (non-hydrogen) atoms. The predicted molar refractivity (Wildman–Crippen MR) is 82.9 cm³/mol. The van der Waals surface area contributed by atoms with E-state index in [-0.39, 0.29) is 0 Å². The van der Waals surface area contributed by atoms with E-state index >= 15 is 0 Å². The minimum Gasteiger partial charge on any atom is -0.243 e. The lowest BCUT2D eigenvalue weighted by molar-refractivity contribution is 0.510. The van der Waals surface area contributed by atoms with E-state index < -0.39 is 10.2 Å². The SMILES string of the molecule is CN(C)S(=O)(=O)n1cncc1/C=C1\CCc2ccccc21. The second-order valence-electron chi connectivity index (χ2n) is 5.23. The van der Waals surface area contributed by atoms with Gasteiger partial charge in [-0.1, -0.05) is 24.3 Å². The summed E-state index contributed by atoms with van der Waals surface area (Å²) in [4.78, 5) is 3.98. The second-order valence-corrected chi connectivity index (χ2v) is 7.25. The average molecular weight is 303 g/mol. The van der Waals surface area contributed by atoms with Crippen molar-refractivity contribution in [2.24, 2.45) is 0 Å². The van der Waals surface area contributed by atoms with Gasteiger partial charge >= 0.3 is 10.2 Å². The van der Waals surface area contributed by atoms with Crippen molar-refractivity contribution in [3.8, 4) is 0 Å². The topological polar surface area (TPSA) is 55.2 Å². The third kappa shape index (κ3) is 2.41. The Bertz CT molecular complexity index is 804. The Hall–Kier alpha value is -1.92. The highest BCUT2D eigenvalue weighted by Gasteiger charge is 2.20. The number of hydrogen-bond donors (Lipinski definition) is 0. The standard InChI is InChI=1S/C15H17N3O2S/c1-17(2)21(19,20)18-11-16-10-14(18)9-13-8-7-12-5-3-4-6-15(12)13/h3-6,9-11H,7-8H2,1-2H3/b13-9+. The number of nitrogens with zero attached hydrogens (tertiary/aromatic N) is 3. The van der Waals surface area contributed by atoms with Gasteiger partial charge in [0.15, 0.2) is 0 Å². The fraction of sp³-hybridized carbons (Fsp3) is 0.267. The molecule has 0 spiro atoms. The quantitative estimate of drug-likeness (QED) is 0.872. The highest BCUT2D eigenvalue weighted by atomic mass is 32.2. The number of allylic oxidation sites excluding steroid dienone is 1. The van der Waals surface area contributed by atoms with Crippen LogP contribution in [-0.2, 0) is 16.6 Å². The van der Waals surface area contributed by atoms with Crippen LogP contribution in [0.15, 0.2) is 36.8 Å². The molecule has 0 radical (unpaired) electrons. The normalized spacial score (nSPS) is 16.6. The van der Waals surface area contributed by atoms with E-state index in [1.54, 1.807) is 6.20 Å². The van der Waals surface area contributed by atoms with E-state index in [4.69, 9.17) is 0 Å². The van der Waals surface area contributed by atoms with Gasteiger partial charge in [-0.05, 0) is 35.6 Å². The number of benzene rings is 1. The number of fused-ring (bicyclic) bond motifs is 1. The summed E-state index contributed by atoms with van der Waals surface area (Å²) < 4.78 is 26.9. The van der Waals surface area contributed by atoms with Gasteiger partial charge in [0, 0.05) is 14.1 Å². The van der Waals surface area contributed by atoms with Gasteiger partial charge in [-0.2, -0.15) is 12.7 Å². The lowest BCUT2D eigenvalue weighted by Crippen LogP contribution is -2.29. The van der Waals surface area contributed by atoms with Crippen LogP contribution in [0.25, 0.3) is 11.6 Å². The first-order valence-corrected chi connectivity index (χ1v) is 8.14. The Morgan fingerprint density at radius 1 is 1.24 bits per heavy atom. The molecule has 3 rings (SSSR count). The first-order chi connectivity index (χ1) is 10.00. The smallest absolute Gasteiger partial charge is 0.243 e. The van der Waals surface area contributed by atoms with E-state index in [0.29, 0.717) is 5.69 Å². The molecular formula is C15H17N3O2S. The highest BCUT2D eigenvalue weighted by Crippen LogP contribution is 2.33. The van der Waals surface area contributed by atoms with E-state index in [1.165, 1.54) is 39.8 Å². The maximum absolute atomic E-state index is 12.3. The number of aromatic nitrogens is 2. The molecule has 5 nitrogen and oxygen atoms in total. The Balaban J connectivity index is 2.06. The van der Waals surface area contributed by atoms with E-state index in [1.807, 2.05) is 18.2 Å². The Kier molecular flexibility index (Phi) is 3.43. The van der Waals surface area contributed by atoms with E-state index in [9.17, 15) is 8.42 Å². The molecule has 0 amide bonds. The maximum Gasteiger partial charge on any atom is 0.308 e. The number of aryl methyl sites for hydroxylation is 1. The molecular weight excluding hydrogens is 286 g/mol. The lowest BCUT2D eigenvalue weighted by Gasteiger charge is -2.13. The number of imidazole rings is 1. The van der Waals surface area contributed by atoms with Crippen LogP contribution in [0, 0.1) is 0 Å². The Morgan fingerprint density at radius 2 is 2.00 bits per heavy atom. The summed E-state index contributed by atoms with van der Waals surface area (Å²) in [5.41, 5.74) is 4.24. The van der Waals surface area contributed by atoms with Gasteiger partial charge in [0.05, 0.1) is 11.9 Å². The summed E-state index contributed by atoms with van der Waals surface area (Å²) in [5.74, 6) is 0. The van der Waals surface area contributed by atoms with Crippen LogP contribution in [0.4, 0.5) is 0 Å². The molecule has 0 unspecified atom stereocenters. The molecule has 0 saturated heterocycles. The number of hydrogen-bond acceptors (Lipinski definition) is 3. The summed E-state index contributed by atoms with van der Waals surface area (Å²) in [6.07, 6.45) is 6.75. The number of rotatable bonds is 3. The van der Waals surface area contributed by atoms with Gasteiger partial charge in [-0.25, -0.2) is 8.96 Å². The molecule has 1 aliphatic carbocycles. The zero-order valence-electron chi connectivity index (χ0n) is 12.0. The van der Waals surface area contributed by atoms with Crippen LogP contribution in [0.3, 0.4) is 0 Å². The van der Waals surface area contributed by atoms with E-state index in [0.717, 1.165) is 18.4 Å². The first-order valence-electron chi connectivity index (χ1n) is 6.74. The predicted octanol–water partition coefficient (Wildman–Crippen LogP) is 2.02. The summed E-state index contributed by atoms with van der Waals surface area (Å²) in [6.45, 7) is 0. The van der Waals surface area contributed by atoms with Crippen molar-refractivity contribution < 1.29 is 8.42 Å². The van der Waals surface area contributed by atoms with Crippen molar-refractivity contribution in [3.63, 3.8) is 0 Å². The van der Waals surface area contributed by atoms with Crippen molar-refractivity contribution in [2.75, 3.05) is 14.1 Å². The second kappa shape index (κ2) is 5.13. The van der Waals surface area contributed by atoms with Gasteiger partial charge in [0.2, 0.25) is 0 Å². The first kappa shape index (κ1) is 14.0. The zero-order valence-corrected chi connectivity index (χ0v) is 12.8. The summed E-state index contributed by atoms with van der Waals surface area (Å²) in [7, 11) is -0.518. The zero-order chi connectivity index (χ0) is 15.0. The molecule has 0 fully saturated rings. The molecule has 0 bridgehead atoms. The van der Waals surface area contributed by atoms with Gasteiger partial charge in [-0.3, -0.25) is 0 Å². The molecule has 0 atom stereocenters. The molecule has 2 aromatic rings. The van der Waals surface area contributed by atoms with Crippen molar-refractivity contribution in [1.82, 2.24) is 13.3 Å². The Labute approximate surface area is 124 Å². The molecule has 1 heterocycles. The fourth-order valence-corrected chi connectivity index (χ4v) is 3.44. The van der Waals surface area contributed by atoms with Crippen LogP contribution in [0.5, 0.6) is 0 Å². The Morgan fingerprint density at radius 3 is 2.76 bits per heavy atom. The molecule has 1 aliphatic rings. The van der Waals surface area contributed by atoms with Gasteiger partial charge < -0.3 is 0 Å². The highest BCUT2D eigenvalue weighted by molar-refractivity contribution is 7.87. The lowest BCUT2D eigenvalue weighted by atomic mass is 10.1. The third-order valence-corrected chi connectivity index (χ3v) is 5.42. The van der Waals surface area contributed by atoms with Crippen molar-refractivity contribution >= 4 is 21.9 Å². The van der Waals surface area contributed by atoms with Gasteiger partial charge in [0.1, 0.15) is 6.33 Å². The summed E-state index contributed by atoms with van der Waals surface area (Å²) in [5, 5.41) is 0. The van der Waals surface area contributed by atoms with Gasteiger partial charge in [-0.15, -0.1) is 0 Å². The molecule has 6 heteroatoms. The third-order valence-electron chi connectivity index (χ3n) is 3.69. The van der Waals surface area contributed by atoms with Crippen LogP contribution >= 0.6 is 0 Å². The molecule has 0 aliphatic heterocycles. The monoisotopic (exact) mass is 303 g/mol. The minimum atomic E-state index is -3.54. The van der Waals surface area contributed by atoms with E-state index in [2.05, 4.69) is 17.1 Å². The molecule has 0 saturated carbocycles. The average Bonchev–Trinajstić information content (AvgIpc) is 3.07. The maximum atomic E-state index is 12.3. The van der Waals surface area contributed by atoms with Crippen LogP contribution < -0.4 is 0 Å². The summed E-state index contributed by atoms with van der Waals surface area (Å²) in [6, 6.07) is 8.23. The van der Waals surface area contributed by atoms with Crippen molar-refractivity contribution in [1.29, 1.82) is 0 Å². The fourth-order valence-electron chi connectivity index (χ4n) is 2.55. The van der Waals surface area contributed by atoms with Crippen LogP contribution in [0.1, 0.15) is 23.2 Å². The largest absolute Gasteiger partial charge is 0.308 e. The summed E-state index contributed by atoms with van der Waals surface area (Å²) >= 11 is 0. The molecule has 110 valence electrons. The molecule has 1 aromatic heterocycles. The van der Waals surface area contributed by atoms with Crippen molar-refractivity contribution in [2.45, 2.75) is 12.8 Å². The minimum absolute atomic E-state index is 0.579. The molecule has 0 N–H and O–H groups in total. The van der Waals surface area contributed by atoms with Gasteiger partial charge in [0.25, 0.3) is 0 Å². The van der Waals surface area contributed by atoms with Crippen molar-refractivity contribution in [3.05, 3.63) is 53.6 Å². The molecule has 1 aromatic carbocycles.